The lowest BCUT2D eigenvalue weighted by Crippen LogP contribution is -2.56. The predicted octanol–water partition coefficient (Wildman–Crippen LogP) is 2.68. The van der Waals surface area contributed by atoms with Crippen LogP contribution >= 0.6 is 11.6 Å². The van der Waals surface area contributed by atoms with Gasteiger partial charge in [-0.25, -0.2) is 0 Å². The molecule has 1 unspecified atom stereocenters. The van der Waals surface area contributed by atoms with Crippen LogP contribution < -0.4 is 10.2 Å². The van der Waals surface area contributed by atoms with Crippen LogP contribution in [0.15, 0.2) is 24.3 Å². The summed E-state index contributed by atoms with van der Waals surface area (Å²) in [4.78, 5) is 28.7. The Hall–Kier alpha value is -1.75. The fourth-order valence-electron chi connectivity index (χ4n) is 3.95. The molecule has 2 aliphatic rings. The van der Waals surface area contributed by atoms with Crippen molar-refractivity contribution in [1.82, 2.24) is 10.2 Å². The molecular weight excluding hydrogens is 338 g/mol. The van der Waals surface area contributed by atoms with E-state index in [0.717, 1.165) is 49.5 Å². The molecule has 1 saturated carbocycles. The number of rotatable bonds is 4. The molecule has 1 saturated heterocycles. The average Bonchev–Trinajstić information content (AvgIpc) is 3.13. The van der Waals surface area contributed by atoms with Gasteiger partial charge >= 0.3 is 0 Å². The Labute approximate surface area is 154 Å². The maximum atomic E-state index is 13.0. The Balaban J connectivity index is 1.62. The zero-order chi connectivity index (χ0) is 17.8. The van der Waals surface area contributed by atoms with E-state index in [1.165, 1.54) is 6.92 Å². The van der Waals surface area contributed by atoms with E-state index in [2.05, 4.69) is 10.2 Å². The summed E-state index contributed by atoms with van der Waals surface area (Å²) < 4.78 is 0. The number of benzene rings is 1. The molecule has 6 heteroatoms. The van der Waals surface area contributed by atoms with Gasteiger partial charge in [-0.1, -0.05) is 30.5 Å². The molecule has 136 valence electrons. The second-order valence-electron chi connectivity index (χ2n) is 7.01. The van der Waals surface area contributed by atoms with Gasteiger partial charge in [0.05, 0.1) is 0 Å². The molecule has 0 bridgehead atoms. The smallest absolute Gasteiger partial charge is 0.245 e. The van der Waals surface area contributed by atoms with Gasteiger partial charge in [0.25, 0.3) is 0 Å². The summed E-state index contributed by atoms with van der Waals surface area (Å²) in [6.07, 6.45) is 4.35. The van der Waals surface area contributed by atoms with Gasteiger partial charge < -0.3 is 15.1 Å². The number of hydrogen-bond acceptors (Lipinski definition) is 3. The minimum Gasteiger partial charge on any atom is -0.368 e. The van der Waals surface area contributed by atoms with E-state index in [0.29, 0.717) is 13.1 Å². The summed E-state index contributed by atoms with van der Waals surface area (Å²) in [6.45, 7) is 4.40. The number of nitrogens with one attached hydrogen (secondary N) is 1. The highest BCUT2D eigenvalue weighted by Gasteiger charge is 2.35. The Kier molecular flexibility index (Phi) is 5.84. The van der Waals surface area contributed by atoms with Gasteiger partial charge in [-0.15, -0.1) is 0 Å². The van der Waals surface area contributed by atoms with Crippen LogP contribution in [-0.4, -0.2) is 48.9 Å². The van der Waals surface area contributed by atoms with Gasteiger partial charge in [-0.05, 0) is 37.0 Å². The first kappa shape index (κ1) is 18.1. The lowest BCUT2D eigenvalue weighted by molar-refractivity contribution is -0.137. The number of carbonyl (C=O) groups is 2. The molecule has 2 amide bonds. The minimum absolute atomic E-state index is 0.0767. The van der Waals surface area contributed by atoms with Crippen molar-refractivity contribution < 1.29 is 9.59 Å². The Bertz CT molecular complexity index is 623. The fraction of sp³-hybridized carbons (Fsp3) is 0.579. The van der Waals surface area contributed by atoms with E-state index in [1.807, 2.05) is 29.2 Å². The van der Waals surface area contributed by atoms with E-state index in [4.69, 9.17) is 11.6 Å². The Morgan fingerprint density at radius 1 is 1.16 bits per heavy atom. The highest BCUT2D eigenvalue weighted by molar-refractivity contribution is 6.30. The molecule has 1 aliphatic heterocycles. The number of hydrogen-bond donors (Lipinski definition) is 1. The number of nitrogens with zero attached hydrogens (tertiary/aromatic N) is 2. The van der Waals surface area contributed by atoms with Gasteiger partial charge in [0.1, 0.15) is 6.04 Å². The standard InChI is InChI=1S/C19H26ClN3O2/c1-14(24)21-18(15-5-2-3-6-15)19(25)23-11-9-22(10-12-23)17-8-4-7-16(20)13-17/h4,7-8,13,15,18H,2-3,5-6,9-12H2,1H3,(H,21,24). The van der Waals surface area contributed by atoms with Crippen LogP contribution in [0, 0.1) is 5.92 Å². The van der Waals surface area contributed by atoms with Crippen LogP contribution in [0.25, 0.3) is 0 Å². The van der Waals surface area contributed by atoms with Crippen LogP contribution in [-0.2, 0) is 9.59 Å². The van der Waals surface area contributed by atoms with Gasteiger partial charge in [0.2, 0.25) is 11.8 Å². The number of halogens is 1. The number of piperazine rings is 1. The minimum atomic E-state index is -0.363. The summed E-state index contributed by atoms with van der Waals surface area (Å²) in [5, 5.41) is 3.63. The largest absolute Gasteiger partial charge is 0.368 e. The monoisotopic (exact) mass is 363 g/mol. The molecule has 3 rings (SSSR count). The fourth-order valence-corrected chi connectivity index (χ4v) is 4.13. The second-order valence-corrected chi connectivity index (χ2v) is 7.45. The summed E-state index contributed by atoms with van der Waals surface area (Å²) in [7, 11) is 0. The number of amides is 2. The van der Waals surface area contributed by atoms with E-state index in [9.17, 15) is 9.59 Å². The van der Waals surface area contributed by atoms with Crippen molar-refractivity contribution in [2.24, 2.45) is 5.92 Å². The van der Waals surface area contributed by atoms with Crippen LogP contribution in [0.1, 0.15) is 32.6 Å². The third-order valence-corrected chi connectivity index (χ3v) is 5.50. The first-order valence-corrected chi connectivity index (χ1v) is 9.49. The van der Waals surface area contributed by atoms with Gasteiger partial charge in [0.15, 0.2) is 0 Å². The molecule has 5 nitrogen and oxygen atoms in total. The third kappa shape index (κ3) is 4.46. The van der Waals surface area contributed by atoms with E-state index < -0.39 is 0 Å². The van der Waals surface area contributed by atoms with E-state index in [1.54, 1.807) is 0 Å². The molecule has 1 heterocycles. The van der Waals surface area contributed by atoms with Crippen LogP contribution in [0.4, 0.5) is 5.69 Å². The van der Waals surface area contributed by atoms with Crippen molar-refractivity contribution in [3.05, 3.63) is 29.3 Å². The zero-order valence-electron chi connectivity index (χ0n) is 14.7. The van der Waals surface area contributed by atoms with E-state index in [-0.39, 0.29) is 23.8 Å². The molecule has 1 aliphatic carbocycles. The number of carbonyl (C=O) groups excluding carboxylic acids is 2. The van der Waals surface area contributed by atoms with Crippen molar-refractivity contribution >= 4 is 29.1 Å². The second kappa shape index (κ2) is 8.09. The summed E-state index contributed by atoms with van der Waals surface area (Å²) in [6, 6.07) is 7.45. The summed E-state index contributed by atoms with van der Waals surface area (Å²) in [5.74, 6) is 0.234. The molecule has 1 aromatic rings. The SMILES string of the molecule is CC(=O)NC(C(=O)N1CCN(c2cccc(Cl)c2)CC1)C1CCCC1. The Morgan fingerprint density at radius 2 is 1.84 bits per heavy atom. The van der Waals surface area contributed by atoms with Crippen molar-refractivity contribution in [3.8, 4) is 0 Å². The summed E-state index contributed by atoms with van der Waals surface area (Å²) in [5.41, 5.74) is 1.09. The molecule has 25 heavy (non-hydrogen) atoms. The molecule has 0 radical (unpaired) electrons. The lowest BCUT2D eigenvalue weighted by Gasteiger charge is -2.38. The molecule has 0 aromatic heterocycles. The molecule has 1 aromatic carbocycles. The van der Waals surface area contributed by atoms with E-state index >= 15 is 0 Å². The van der Waals surface area contributed by atoms with Crippen molar-refractivity contribution in [1.29, 1.82) is 0 Å². The van der Waals surface area contributed by atoms with Crippen molar-refractivity contribution in [2.75, 3.05) is 31.1 Å². The average molecular weight is 364 g/mol. The summed E-state index contributed by atoms with van der Waals surface area (Å²) >= 11 is 6.07. The highest BCUT2D eigenvalue weighted by Crippen LogP contribution is 2.29. The van der Waals surface area contributed by atoms with Crippen LogP contribution in [0.3, 0.4) is 0 Å². The third-order valence-electron chi connectivity index (χ3n) is 5.26. The molecule has 1 atom stereocenters. The van der Waals surface area contributed by atoms with Crippen LogP contribution in [0.5, 0.6) is 0 Å². The van der Waals surface area contributed by atoms with Gasteiger partial charge in [-0.3, -0.25) is 9.59 Å². The molecule has 1 N–H and O–H groups in total. The first-order valence-electron chi connectivity index (χ1n) is 9.11. The highest BCUT2D eigenvalue weighted by atomic mass is 35.5. The Morgan fingerprint density at radius 3 is 2.44 bits per heavy atom. The normalized spacial score (nSPS) is 19.8. The van der Waals surface area contributed by atoms with Crippen LogP contribution in [0.2, 0.25) is 5.02 Å². The first-order chi connectivity index (χ1) is 12.0. The maximum Gasteiger partial charge on any atom is 0.245 e. The maximum absolute atomic E-state index is 13.0. The number of anilines is 1. The van der Waals surface area contributed by atoms with Gasteiger partial charge in [-0.2, -0.15) is 0 Å². The topological polar surface area (TPSA) is 52.7 Å². The predicted molar refractivity (Wildman–Crippen MR) is 99.8 cm³/mol. The zero-order valence-corrected chi connectivity index (χ0v) is 15.5. The molecular formula is C19H26ClN3O2. The quantitative estimate of drug-likeness (QED) is 0.894. The van der Waals surface area contributed by atoms with Gasteiger partial charge in [0, 0.05) is 43.8 Å². The lowest BCUT2D eigenvalue weighted by atomic mass is 9.96. The molecule has 2 fully saturated rings. The molecule has 0 spiro atoms. The van der Waals surface area contributed by atoms with Crippen molar-refractivity contribution in [3.63, 3.8) is 0 Å². The van der Waals surface area contributed by atoms with Crippen molar-refractivity contribution in [2.45, 2.75) is 38.6 Å².